The fraction of sp³-hybridized carbons (Fsp3) is 0.222. The zero-order valence-electron chi connectivity index (χ0n) is 15.1. The molecule has 0 radical (unpaired) electrons. The summed E-state index contributed by atoms with van der Waals surface area (Å²) in [6.45, 7) is 1.71. The number of nitrogens with zero attached hydrogens (tertiary/aromatic N) is 1. The van der Waals surface area contributed by atoms with E-state index in [1.165, 1.54) is 32.4 Å². The Labute approximate surface area is 155 Å². The minimum absolute atomic E-state index is 0.114. The van der Waals surface area contributed by atoms with Gasteiger partial charge >= 0.3 is 5.97 Å². The Morgan fingerprint density at radius 1 is 1.11 bits per heavy atom. The SMILES string of the molecule is COC(=O)c1ccc(C)c(NCC(=O)Nc2cc([N+](=O)[O-])ccc2OC)c1. The third-order valence-corrected chi connectivity index (χ3v) is 3.77. The Kier molecular flexibility index (Phi) is 6.32. The number of hydrogen-bond acceptors (Lipinski definition) is 7. The van der Waals surface area contributed by atoms with E-state index in [-0.39, 0.29) is 17.9 Å². The van der Waals surface area contributed by atoms with Crippen LogP contribution in [0.4, 0.5) is 17.1 Å². The van der Waals surface area contributed by atoms with Gasteiger partial charge in [0.15, 0.2) is 0 Å². The van der Waals surface area contributed by atoms with Gasteiger partial charge in [-0.25, -0.2) is 4.79 Å². The number of hydrogen-bond donors (Lipinski definition) is 2. The second-order valence-electron chi connectivity index (χ2n) is 5.56. The van der Waals surface area contributed by atoms with Crippen molar-refractivity contribution >= 4 is 28.9 Å². The van der Waals surface area contributed by atoms with Gasteiger partial charge in [0.05, 0.1) is 36.9 Å². The first-order valence-corrected chi connectivity index (χ1v) is 7.90. The molecule has 2 aromatic carbocycles. The molecule has 0 aliphatic carbocycles. The van der Waals surface area contributed by atoms with Gasteiger partial charge in [-0.15, -0.1) is 0 Å². The standard InChI is InChI=1S/C18H19N3O6/c1-11-4-5-12(18(23)27-3)8-14(11)19-10-17(22)20-15-9-13(21(24)25)6-7-16(15)26-2/h4-9,19H,10H2,1-3H3,(H,20,22). The molecule has 0 saturated carbocycles. The van der Waals surface area contributed by atoms with Crippen LogP contribution in [-0.4, -0.2) is 37.6 Å². The predicted molar refractivity (Wildman–Crippen MR) is 99.3 cm³/mol. The summed E-state index contributed by atoms with van der Waals surface area (Å²) in [5.41, 5.74) is 1.81. The van der Waals surface area contributed by atoms with Gasteiger partial charge in [-0.3, -0.25) is 14.9 Å². The molecule has 0 aliphatic rings. The Balaban J connectivity index is 2.10. The van der Waals surface area contributed by atoms with Gasteiger partial charge in [0.1, 0.15) is 5.75 Å². The summed E-state index contributed by atoms with van der Waals surface area (Å²) in [4.78, 5) is 34.2. The number of non-ortho nitro benzene ring substituents is 1. The third kappa shape index (κ3) is 4.94. The molecule has 0 saturated heterocycles. The van der Waals surface area contributed by atoms with Crippen LogP contribution in [0.2, 0.25) is 0 Å². The van der Waals surface area contributed by atoms with E-state index in [4.69, 9.17) is 4.74 Å². The van der Waals surface area contributed by atoms with Crippen LogP contribution in [0.1, 0.15) is 15.9 Å². The van der Waals surface area contributed by atoms with Gasteiger partial charge in [0.2, 0.25) is 5.91 Å². The summed E-state index contributed by atoms with van der Waals surface area (Å²) in [6, 6.07) is 8.86. The van der Waals surface area contributed by atoms with Gasteiger partial charge in [-0.05, 0) is 30.7 Å². The summed E-state index contributed by atoms with van der Waals surface area (Å²) < 4.78 is 9.79. The predicted octanol–water partition coefficient (Wildman–Crippen LogP) is 2.75. The summed E-state index contributed by atoms with van der Waals surface area (Å²) in [5, 5.41) is 16.4. The number of nitro groups is 1. The van der Waals surface area contributed by atoms with Crippen LogP contribution < -0.4 is 15.4 Å². The lowest BCUT2D eigenvalue weighted by atomic mass is 10.1. The van der Waals surface area contributed by atoms with Crippen molar-refractivity contribution in [2.75, 3.05) is 31.4 Å². The molecular weight excluding hydrogens is 354 g/mol. The van der Waals surface area contributed by atoms with Gasteiger partial charge in [-0.2, -0.15) is 0 Å². The number of nitro benzene ring substituents is 1. The van der Waals surface area contributed by atoms with Gasteiger partial charge < -0.3 is 20.1 Å². The molecule has 9 nitrogen and oxygen atoms in total. The second-order valence-corrected chi connectivity index (χ2v) is 5.56. The van der Waals surface area contributed by atoms with E-state index in [9.17, 15) is 19.7 Å². The van der Waals surface area contributed by atoms with Crippen LogP contribution in [0.3, 0.4) is 0 Å². The molecule has 0 fully saturated rings. The van der Waals surface area contributed by atoms with Crippen LogP contribution in [-0.2, 0) is 9.53 Å². The fourth-order valence-corrected chi connectivity index (χ4v) is 2.33. The highest BCUT2D eigenvalue weighted by molar-refractivity contribution is 5.96. The maximum atomic E-state index is 12.2. The van der Waals surface area contributed by atoms with Gasteiger partial charge in [0, 0.05) is 17.8 Å². The number of amides is 1. The first kappa shape index (κ1) is 19.7. The number of ether oxygens (including phenoxy) is 2. The van der Waals surface area contributed by atoms with Crippen molar-refractivity contribution in [3.63, 3.8) is 0 Å². The van der Waals surface area contributed by atoms with Crippen LogP contribution >= 0.6 is 0 Å². The van der Waals surface area contributed by atoms with E-state index in [1.807, 2.05) is 6.92 Å². The molecule has 2 N–H and O–H groups in total. The molecule has 0 bridgehead atoms. The van der Waals surface area contributed by atoms with E-state index in [0.717, 1.165) is 5.56 Å². The Morgan fingerprint density at radius 3 is 2.48 bits per heavy atom. The van der Waals surface area contributed by atoms with Crippen molar-refractivity contribution in [1.29, 1.82) is 0 Å². The Morgan fingerprint density at radius 2 is 1.85 bits per heavy atom. The Bertz CT molecular complexity index is 881. The molecule has 0 aromatic heterocycles. The van der Waals surface area contributed by atoms with Crippen molar-refractivity contribution in [2.45, 2.75) is 6.92 Å². The largest absolute Gasteiger partial charge is 0.495 e. The maximum Gasteiger partial charge on any atom is 0.337 e. The number of benzene rings is 2. The normalized spacial score (nSPS) is 10.0. The average Bonchev–Trinajstić information content (AvgIpc) is 2.66. The molecule has 0 spiro atoms. The van der Waals surface area contributed by atoms with Crippen LogP contribution in [0, 0.1) is 17.0 Å². The van der Waals surface area contributed by atoms with E-state index < -0.39 is 16.8 Å². The van der Waals surface area contributed by atoms with Crippen molar-refractivity contribution < 1.29 is 24.0 Å². The highest BCUT2D eigenvalue weighted by atomic mass is 16.6. The average molecular weight is 373 g/mol. The summed E-state index contributed by atoms with van der Waals surface area (Å²) in [5.74, 6) is -0.613. The second kappa shape index (κ2) is 8.65. The van der Waals surface area contributed by atoms with Gasteiger partial charge in [0.25, 0.3) is 5.69 Å². The quantitative estimate of drug-likeness (QED) is 0.435. The summed E-state index contributed by atoms with van der Waals surface area (Å²) >= 11 is 0. The number of esters is 1. The van der Waals surface area contributed by atoms with Crippen molar-refractivity contribution in [1.82, 2.24) is 0 Å². The monoisotopic (exact) mass is 373 g/mol. The van der Waals surface area contributed by atoms with E-state index in [0.29, 0.717) is 17.0 Å². The zero-order chi connectivity index (χ0) is 20.0. The molecule has 0 aliphatic heterocycles. The lowest BCUT2D eigenvalue weighted by Crippen LogP contribution is -2.22. The number of nitrogens with one attached hydrogen (secondary N) is 2. The highest BCUT2D eigenvalue weighted by Gasteiger charge is 2.14. The molecule has 142 valence electrons. The molecule has 2 aromatic rings. The summed E-state index contributed by atoms with van der Waals surface area (Å²) in [6.07, 6.45) is 0. The van der Waals surface area contributed by atoms with Crippen LogP contribution in [0.15, 0.2) is 36.4 Å². The molecule has 0 atom stereocenters. The number of rotatable bonds is 7. The lowest BCUT2D eigenvalue weighted by Gasteiger charge is -2.13. The third-order valence-electron chi connectivity index (χ3n) is 3.77. The zero-order valence-corrected chi connectivity index (χ0v) is 15.1. The smallest absolute Gasteiger partial charge is 0.337 e. The number of anilines is 2. The lowest BCUT2D eigenvalue weighted by molar-refractivity contribution is -0.384. The van der Waals surface area contributed by atoms with E-state index >= 15 is 0 Å². The molecule has 9 heteroatoms. The molecular formula is C18H19N3O6. The topological polar surface area (TPSA) is 120 Å². The molecule has 1 amide bonds. The molecule has 27 heavy (non-hydrogen) atoms. The minimum atomic E-state index is -0.560. The number of aryl methyl sites for hydroxylation is 1. The van der Waals surface area contributed by atoms with Gasteiger partial charge in [-0.1, -0.05) is 6.07 Å². The molecule has 0 heterocycles. The number of methoxy groups -OCH3 is 2. The van der Waals surface area contributed by atoms with E-state index in [2.05, 4.69) is 15.4 Å². The minimum Gasteiger partial charge on any atom is -0.495 e. The van der Waals surface area contributed by atoms with Crippen LogP contribution in [0.5, 0.6) is 5.75 Å². The Hall–Kier alpha value is -3.62. The number of carbonyl (C=O) groups is 2. The molecule has 2 rings (SSSR count). The molecule has 0 unspecified atom stereocenters. The van der Waals surface area contributed by atoms with Crippen molar-refractivity contribution in [3.05, 3.63) is 57.6 Å². The summed E-state index contributed by atoms with van der Waals surface area (Å²) in [7, 11) is 2.69. The van der Waals surface area contributed by atoms with E-state index in [1.54, 1.807) is 18.2 Å². The highest BCUT2D eigenvalue weighted by Crippen LogP contribution is 2.28. The van der Waals surface area contributed by atoms with Crippen LogP contribution in [0.25, 0.3) is 0 Å². The first-order chi connectivity index (χ1) is 12.8. The number of carbonyl (C=O) groups excluding carboxylic acids is 2. The van der Waals surface area contributed by atoms with Crippen molar-refractivity contribution in [3.8, 4) is 5.75 Å². The fourth-order valence-electron chi connectivity index (χ4n) is 2.33. The first-order valence-electron chi connectivity index (χ1n) is 7.90. The maximum absolute atomic E-state index is 12.2. The van der Waals surface area contributed by atoms with Crippen molar-refractivity contribution in [2.24, 2.45) is 0 Å².